The zero-order valence-corrected chi connectivity index (χ0v) is 12.9. The van der Waals surface area contributed by atoms with Gasteiger partial charge in [-0.15, -0.1) is 0 Å². The molecule has 0 amide bonds. The Bertz CT molecular complexity index is 707. The lowest BCUT2D eigenvalue weighted by Gasteiger charge is -2.08. The second-order valence-corrected chi connectivity index (χ2v) is 5.09. The van der Waals surface area contributed by atoms with Gasteiger partial charge in [0.05, 0.1) is 28.8 Å². The average molecular weight is 346 g/mol. The Morgan fingerprint density at radius 3 is 2.76 bits per heavy atom. The highest BCUT2D eigenvalue weighted by Crippen LogP contribution is 2.25. The van der Waals surface area contributed by atoms with Crippen LogP contribution in [0.1, 0.15) is 21.5 Å². The van der Waals surface area contributed by atoms with Crippen LogP contribution in [0.15, 0.2) is 46.9 Å². The van der Waals surface area contributed by atoms with E-state index in [-0.39, 0.29) is 6.61 Å². The van der Waals surface area contributed by atoms with E-state index in [2.05, 4.69) is 15.9 Å². The molecule has 0 bridgehead atoms. The van der Waals surface area contributed by atoms with Crippen LogP contribution in [-0.4, -0.2) is 13.1 Å². The van der Waals surface area contributed by atoms with Crippen molar-refractivity contribution in [2.24, 2.45) is 0 Å². The molecule has 0 heterocycles. The van der Waals surface area contributed by atoms with Crippen LogP contribution in [0.2, 0.25) is 0 Å². The number of ether oxygens (including phenoxy) is 2. The molecule has 0 aliphatic heterocycles. The molecule has 2 rings (SSSR count). The van der Waals surface area contributed by atoms with Gasteiger partial charge in [0.25, 0.3) is 0 Å². The lowest BCUT2D eigenvalue weighted by molar-refractivity contribution is 0.0472. The van der Waals surface area contributed by atoms with Gasteiger partial charge in [-0.3, -0.25) is 0 Å². The standard InChI is InChI=1S/C16H12BrNO3/c1-20-15-6-5-12(8-14(15)17)10-21-16(19)13-4-2-3-11(7-13)9-18/h2-8H,10H2,1H3. The third-order valence-electron chi connectivity index (χ3n) is 2.81. The first-order valence-corrected chi connectivity index (χ1v) is 6.93. The van der Waals surface area contributed by atoms with Crippen LogP contribution < -0.4 is 4.74 Å². The fraction of sp³-hybridized carbons (Fsp3) is 0.125. The molecule has 0 fully saturated rings. The number of carbonyl (C=O) groups is 1. The summed E-state index contributed by atoms with van der Waals surface area (Å²) in [4.78, 5) is 11.9. The molecule has 0 atom stereocenters. The molecule has 0 aliphatic carbocycles. The van der Waals surface area contributed by atoms with E-state index < -0.39 is 5.97 Å². The van der Waals surface area contributed by atoms with Crippen molar-refractivity contribution in [2.45, 2.75) is 6.61 Å². The minimum absolute atomic E-state index is 0.151. The molecule has 4 nitrogen and oxygen atoms in total. The van der Waals surface area contributed by atoms with E-state index in [1.807, 2.05) is 18.2 Å². The van der Waals surface area contributed by atoms with E-state index in [0.29, 0.717) is 16.9 Å². The molecule has 0 aromatic heterocycles. The molecule has 5 heteroatoms. The lowest BCUT2D eigenvalue weighted by atomic mass is 10.1. The molecule has 106 valence electrons. The zero-order chi connectivity index (χ0) is 15.2. The largest absolute Gasteiger partial charge is 0.496 e. The SMILES string of the molecule is COc1ccc(COC(=O)c2cccc(C#N)c2)cc1Br. The Kier molecular flexibility index (Phi) is 4.96. The van der Waals surface area contributed by atoms with Crippen LogP contribution in [0.4, 0.5) is 0 Å². The van der Waals surface area contributed by atoms with E-state index >= 15 is 0 Å². The van der Waals surface area contributed by atoms with Crippen molar-refractivity contribution in [3.63, 3.8) is 0 Å². The number of methoxy groups -OCH3 is 1. The van der Waals surface area contributed by atoms with Crippen LogP contribution in [-0.2, 0) is 11.3 Å². The molecule has 21 heavy (non-hydrogen) atoms. The van der Waals surface area contributed by atoms with Gasteiger partial charge in [0.15, 0.2) is 0 Å². The summed E-state index contributed by atoms with van der Waals surface area (Å²) < 4.78 is 11.2. The van der Waals surface area contributed by atoms with Crippen LogP contribution in [0.5, 0.6) is 5.75 Å². The molecule has 0 unspecified atom stereocenters. The molecule has 0 aliphatic rings. The number of rotatable bonds is 4. The smallest absolute Gasteiger partial charge is 0.338 e. The van der Waals surface area contributed by atoms with E-state index in [0.717, 1.165) is 10.0 Å². The van der Waals surface area contributed by atoms with E-state index in [4.69, 9.17) is 14.7 Å². The van der Waals surface area contributed by atoms with Crippen molar-refractivity contribution in [1.82, 2.24) is 0 Å². The molecule has 0 spiro atoms. The molecule has 2 aromatic rings. The first-order valence-electron chi connectivity index (χ1n) is 6.13. The van der Waals surface area contributed by atoms with Gasteiger partial charge in [0, 0.05) is 0 Å². The number of nitrogens with zero attached hydrogens (tertiary/aromatic N) is 1. The van der Waals surface area contributed by atoms with Gasteiger partial charge in [-0.2, -0.15) is 5.26 Å². The van der Waals surface area contributed by atoms with Crippen molar-refractivity contribution in [3.05, 3.63) is 63.6 Å². The fourth-order valence-electron chi connectivity index (χ4n) is 1.75. The number of hydrogen-bond donors (Lipinski definition) is 0. The number of halogens is 1. The first-order chi connectivity index (χ1) is 10.1. The van der Waals surface area contributed by atoms with E-state index in [1.54, 1.807) is 31.4 Å². The minimum atomic E-state index is -0.459. The second-order valence-electron chi connectivity index (χ2n) is 4.24. The maximum Gasteiger partial charge on any atom is 0.338 e. The second kappa shape index (κ2) is 6.91. The van der Waals surface area contributed by atoms with E-state index in [1.165, 1.54) is 6.07 Å². The molecular formula is C16H12BrNO3. The maximum absolute atomic E-state index is 11.9. The van der Waals surface area contributed by atoms with Crippen LogP contribution in [0.3, 0.4) is 0 Å². The number of hydrogen-bond acceptors (Lipinski definition) is 4. The van der Waals surface area contributed by atoms with Gasteiger partial charge in [0.1, 0.15) is 12.4 Å². The van der Waals surface area contributed by atoms with Crippen molar-refractivity contribution in [3.8, 4) is 11.8 Å². The van der Waals surface area contributed by atoms with Gasteiger partial charge >= 0.3 is 5.97 Å². The highest BCUT2D eigenvalue weighted by atomic mass is 79.9. The Labute approximate surface area is 131 Å². The summed E-state index contributed by atoms with van der Waals surface area (Å²) in [5, 5.41) is 8.81. The number of benzene rings is 2. The lowest BCUT2D eigenvalue weighted by Crippen LogP contribution is -2.05. The summed E-state index contributed by atoms with van der Waals surface area (Å²) in [7, 11) is 1.59. The van der Waals surface area contributed by atoms with Crippen molar-refractivity contribution < 1.29 is 14.3 Å². The Morgan fingerprint density at radius 1 is 1.29 bits per heavy atom. The summed E-state index contributed by atoms with van der Waals surface area (Å²) >= 11 is 3.38. The maximum atomic E-state index is 11.9. The normalized spacial score (nSPS) is 9.76. The van der Waals surface area contributed by atoms with Crippen molar-refractivity contribution in [2.75, 3.05) is 7.11 Å². The van der Waals surface area contributed by atoms with Crippen LogP contribution in [0.25, 0.3) is 0 Å². The summed E-state index contributed by atoms with van der Waals surface area (Å²) in [6, 6.07) is 13.8. The van der Waals surface area contributed by atoms with E-state index in [9.17, 15) is 4.79 Å². The van der Waals surface area contributed by atoms with Gasteiger partial charge in [0.2, 0.25) is 0 Å². The fourth-order valence-corrected chi connectivity index (χ4v) is 2.34. The molecule has 0 radical (unpaired) electrons. The van der Waals surface area contributed by atoms with Gasteiger partial charge in [-0.1, -0.05) is 12.1 Å². The quantitative estimate of drug-likeness (QED) is 0.793. The van der Waals surface area contributed by atoms with Gasteiger partial charge in [-0.25, -0.2) is 4.79 Å². The van der Waals surface area contributed by atoms with Gasteiger partial charge in [-0.05, 0) is 51.8 Å². The van der Waals surface area contributed by atoms with Crippen LogP contribution in [0, 0.1) is 11.3 Å². The predicted molar refractivity (Wildman–Crippen MR) is 81.0 cm³/mol. The summed E-state index contributed by atoms with van der Waals surface area (Å²) in [5.74, 6) is 0.255. The summed E-state index contributed by atoms with van der Waals surface area (Å²) in [6.45, 7) is 0.151. The van der Waals surface area contributed by atoms with Crippen molar-refractivity contribution in [1.29, 1.82) is 5.26 Å². The first kappa shape index (κ1) is 15.1. The Hall–Kier alpha value is -2.32. The number of carbonyl (C=O) groups excluding carboxylic acids is 1. The zero-order valence-electron chi connectivity index (χ0n) is 11.3. The van der Waals surface area contributed by atoms with Gasteiger partial charge < -0.3 is 9.47 Å². The monoisotopic (exact) mass is 345 g/mol. The molecular weight excluding hydrogens is 334 g/mol. The summed E-state index contributed by atoms with van der Waals surface area (Å²) in [6.07, 6.45) is 0. The average Bonchev–Trinajstić information content (AvgIpc) is 2.52. The Balaban J connectivity index is 2.04. The highest BCUT2D eigenvalue weighted by molar-refractivity contribution is 9.10. The molecule has 0 saturated carbocycles. The topological polar surface area (TPSA) is 59.3 Å². The highest BCUT2D eigenvalue weighted by Gasteiger charge is 2.09. The number of nitriles is 1. The third-order valence-corrected chi connectivity index (χ3v) is 3.43. The molecule has 2 aromatic carbocycles. The molecule has 0 saturated heterocycles. The van der Waals surface area contributed by atoms with Crippen molar-refractivity contribution >= 4 is 21.9 Å². The minimum Gasteiger partial charge on any atom is -0.496 e. The summed E-state index contributed by atoms with van der Waals surface area (Å²) in [5.41, 5.74) is 1.63. The predicted octanol–water partition coefficient (Wildman–Crippen LogP) is 3.69. The van der Waals surface area contributed by atoms with Crippen LogP contribution >= 0.6 is 15.9 Å². The Morgan fingerprint density at radius 2 is 2.10 bits per heavy atom. The molecule has 0 N–H and O–H groups in total. The third kappa shape index (κ3) is 3.83. The number of esters is 1.